The second-order valence-corrected chi connectivity index (χ2v) is 5.87. The number of rotatable bonds is 1. The summed E-state index contributed by atoms with van der Waals surface area (Å²) in [6.45, 7) is 0. The molecular weight excluding hydrogens is 321 g/mol. The molecule has 7 heteroatoms. The summed E-state index contributed by atoms with van der Waals surface area (Å²) >= 11 is 7.16. The normalized spacial score (nSPS) is 12.0. The van der Waals surface area contributed by atoms with Crippen molar-refractivity contribution in [3.05, 3.63) is 47.0 Å². The van der Waals surface area contributed by atoms with E-state index in [9.17, 15) is 13.2 Å². The van der Waals surface area contributed by atoms with Crippen LogP contribution in [0.25, 0.3) is 20.8 Å². The molecule has 0 aliphatic rings. The number of nitrogen functional groups attached to an aromatic ring is 1. The van der Waals surface area contributed by atoms with Gasteiger partial charge in [-0.05, 0) is 30.3 Å². The average Bonchev–Trinajstić information content (AvgIpc) is 2.83. The maximum absolute atomic E-state index is 12.7. The lowest BCUT2D eigenvalue weighted by Gasteiger charge is -2.04. The molecule has 108 valence electrons. The zero-order valence-electron chi connectivity index (χ0n) is 10.4. The van der Waals surface area contributed by atoms with Crippen molar-refractivity contribution in [3.63, 3.8) is 0 Å². The van der Waals surface area contributed by atoms with Crippen molar-refractivity contribution in [2.75, 3.05) is 5.73 Å². The maximum atomic E-state index is 12.7. The summed E-state index contributed by atoms with van der Waals surface area (Å²) in [6.07, 6.45) is -4.37. The Kier molecular flexibility index (Phi) is 3.30. The second kappa shape index (κ2) is 4.89. The summed E-state index contributed by atoms with van der Waals surface area (Å²) in [7, 11) is 0. The van der Waals surface area contributed by atoms with Gasteiger partial charge >= 0.3 is 6.18 Å². The molecule has 0 fully saturated rings. The highest BCUT2D eigenvalue weighted by Gasteiger charge is 2.30. The van der Waals surface area contributed by atoms with E-state index in [2.05, 4.69) is 4.98 Å². The van der Waals surface area contributed by atoms with Crippen LogP contribution in [0.4, 0.5) is 18.9 Å². The van der Waals surface area contributed by atoms with Crippen LogP contribution >= 0.6 is 22.9 Å². The fourth-order valence-corrected chi connectivity index (χ4v) is 2.96. The molecule has 21 heavy (non-hydrogen) atoms. The zero-order chi connectivity index (χ0) is 15.2. The number of halogens is 4. The highest BCUT2D eigenvalue weighted by Crippen LogP contribution is 2.36. The number of thiazole rings is 1. The van der Waals surface area contributed by atoms with Crippen molar-refractivity contribution >= 4 is 38.8 Å². The lowest BCUT2D eigenvalue weighted by atomic mass is 10.2. The van der Waals surface area contributed by atoms with Gasteiger partial charge in [0.15, 0.2) is 0 Å². The summed E-state index contributed by atoms with van der Waals surface area (Å²) in [5, 5.41) is 1.03. The van der Waals surface area contributed by atoms with Crippen LogP contribution in [0.3, 0.4) is 0 Å². The van der Waals surface area contributed by atoms with Crippen molar-refractivity contribution in [1.82, 2.24) is 4.98 Å². The molecule has 2 N–H and O–H groups in total. The third kappa shape index (κ3) is 2.69. The van der Waals surface area contributed by atoms with Crippen LogP contribution in [0.2, 0.25) is 5.02 Å². The van der Waals surface area contributed by atoms with Gasteiger partial charge in [0.05, 0.1) is 26.5 Å². The molecule has 1 heterocycles. The minimum absolute atomic E-state index is 0.318. The average molecular weight is 329 g/mol. The fourth-order valence-electron chi connectivity index (χ4n) is 1.90. The van der Waals surface area contributed by atoms with E-state index in [0.29, 0.717) is 25.9 Å². The predicted octanol–water partition coefficient (Wildman–Crippen LogP) is 5.22. The highest BCUT2D eigenvalue weighted by atomic mass is 35.5. The van der Waals surface area contributed by atoms with Gasteiger partial charge in [0.1, 0.15) is 5.01 Å². The summed E-state index contributed by atoms with van der Waals surface area (Å²) < 4.78 is 38.7. The number of nitrogens with zero attached hydrogens (tertiary/aromatic N) is 1. The molecular formula is C14H8ClF3N2S. The number of nitrogens with two attached hydrogens (primary N) is 1. The molecule has 0 aliphatic carbocycles. The van der Waals surface area contributed by atoms with Gasteiger partial charge in [-0.3, -0.25) is 0 Å². The van der Waals surface area contributed by atoms with Crippen molar-refractivity contribution in [1.29, 1.82) is 0 Å². The van der Waals surface area contributed by atoms with Crippen LogP contribution in [0, 0.1) is 0 Å². The quantitative estimate of drug-likeness (QED) is 0.622. The van der Waals surface area contributed by atoms with E-state index < -0.39 is 11.7 Å². The van der Waals surface area contributed by atoms with Gasteiger partial charge in [-0.15, -0.1) is 11.3 Å². The minimum Gasteiger partial charge on any atom is -0.398 e. The van der Waals surface area contributed by atoms with Crippen molar-refractivity contribution in [3.8, 4) is 10.6 Å². The molecule has 2 nitrogen and oxygen atoms in total. The van der Waals surface area contributed by atoms with E-state index >= 15 is 0 Å². The molecule has 0 aliphatic heterocycles. The molecule has 2 aromatic carbocycles. The van der Waals surface area contributed by atoms with Crippen LogP contribution in [0.15, 0.2) is 36.4 Å². The molecule has 0 atom stereocenters. The van der Waals surface area contributed by atoms with E-state index in [1.165, 1.54) is 17.4 Å². The van der Waals surface area contributed by atoms with Gasteiger partial charge in [-0.25, -0.2) is 4.98 Å². The number of benzene rings is 2. The number of alkyl halides is 3. The SMILES string of the molecule is Nc1cc(-c2nc3cc(C(F)(F)F)ccc3s2)ccc1Cl. The lowest BCUT2D eigenvalue weighted by molar-refractivity contribution is -0.137. The Hall–Kier alpha value is -1.79. The molecule has 1 aromatic heterocycles. The number of aromatic nitrogens is 1. The predicted molar refractivity (Wildman–Crippen MR) is 79.5 cm³/mol. The summed E-state index contributed by atoms with van der Waals surface area (Å²) in [5.74, 6) is 0. The Morgan fingerprint density at radius 1 is 1.10 bits per heavy atom. The second-order valence-electron chi connectivity index (χ2n) is 4.44. The van der Waals surface area contributed by atoms with Gasteiger partial charge in [0, 0.05) is 5.56 Å². The van der Waals surface area contributed by atoms with Gasteiger partial charge in [0.25, 0.3) is 0 Å². The Morgan fingerprint density at radius 2 is 1.86 bits per heavy atom. The van der Waals surface area contributed by atoms with Crippen LogP contribution in [0.5, 0.6) is 0 Å². The van der Waals surface area contributed by atoms with Crippen LogP contribution in [-0.2, 0) is 6.18 Å². The van der Waals surface area contributed by atoms with Gasteiger partial charge in [-0.1, -0.05) is 17.7 Å². The first kappa shape index (κ1) is 14.2. The fraction of sp³-hybridized carbons (Fsp3) is 0.0714. The topological polar surface area (TPSA) is 38.9 Å². The van der Waals surface area contributed by atoms with E-state index in [4.69, 9.17) is 17.3 Å². The van der Waals surface area contributed by atoms with Gasteiger partial charge in [-0.2, -0.15) is 13.2 Å². The maximum Gasteiger partial charge on any atom is 0.416 e. The molecule has 0 amide bonds. The summed E-state index contributed by atoms with van der Waals surface area (Å²) in [4.78, 5) is 4.25. The van der Waals surface area contributed by atoms with Crippen LogP contribution in [-0.4, -0.2) is 4.98 Å². The molecule has 0 unspecified atom stereocenters. The van der Waals surface area contributed by atoms with Crippen molar-refractivity contribution in [2.24, 2.45) is 0 Å². The van der Waals surface area contributed by atoms with Crippen molar-refractivity contribution < 1.29 is 13.2 Å². The zero-order valence-corrected chi connectivity index (χ0v) is 12.0. The van der Waals surface area contributed by atoms with E-state index in [1.54, 1.807) is 18.2 Å². The molecule has 0 radical (unpaired) electrons. The first-order valence-electron chi connectivity index (χ1n) is 5.88. The van der Waals surface area contributed by atoms with E-state index in [1.807, 2.05) is 0 Å². The minimum atomic E-state index is -4.37. The molecule has 3 aromatic rings. The van der Waals surface area contributed by atoms with Crippen molar-refractivity contribution in [2.45, 2.75) is 6.18 Å². The molecule has 3 rings (SSSR count). The van der Waals surface area contributed by atoms with Crippen LogP contribution < -0.4 is 5.73 Å². The number of hydrogen-bond donors (Lipinski definition) is 1. The van der Waals surface area contributed by atoms with Crippen LogP contribution in [0.1, 0.15) is 5.56 Å². The first-order chi connectivity index (χ1) is 9.84. The van der Waals surface area contributed by atoms with E-state index in [-0.39, 0.29) is 0 Å². The Bertz CT molecular complexity index is 827. The standard InChI is InChI=1S/C14H8ClF3N2S/c15-9-3-1-7(5-10(9)19)13-20-11-6-8(14(16,17)18)2-4-12(11)21-13/h1-6H,19H2. The molecule has 0 spiro atoms. The van der Waals surface area contributed by atoms with Gasteiger partial charge < -0.3 is 5.73 Å². The third-order valence-corrected chi connectivity index (χ3v) is 4.39. The highest BCUT2D eigenvalue weighted by molar-refractivity contribution is 7.21. The number of hydrogen-bond acceptors (Lipinski definition) is 3. The monoisotopic (exact) mass is 328 g/mol. The molecule has 0 saturated carbocycles. The Labute approximate surface area is 127 Å². The lowest BCUT2D eigenvalue weighted by Crippen LogP contribution is -2.03. The Morgan fingerprint density at radius 3 is 2.52 bits per heavy atom. The van der Waals surface area contributed by atoms with E-state index in [0.717, 1.165) is 17.7 Å². The van der Waals surface area contributed by atoms with Gasteiger partial charge in [0.2, 0.25) is 0 Å². The largest absolute Gasteiger partial charge is 0.416 e. The number of anilines is 1. The molecule has 0 saturated heterocycles. The number of fused-ring (bicyclic) bond motifs is 1. The Balaban J connectivity index is 2.10. The molecule has 0 bridgehead atoms. The summed E-state index contributed by atoms with van der Waals surface area (Å²) in [5.41, 5.74) is 6.48. The third-order valence-electron chi connectivity index (χ3n) is 2.96. The summed E-state index contributed by atoms with van der Waals surface area (Å²) in [6, 6.07) is 8.57. The first-order valence-corrected chi connectivity index (χ1v) is 7.07. The smallest absolute Gasteiger partial charge is 0.398 e.